The van der Waals surface area contributed by atoms with Crippen molar-refractivity contribution in [2.24, 2.45) is 0 Å². The fraction of sp³-hybridized carbons (Fsp3) is 0.250. The fourth-order valence-corrected chi connectivity index (χ4v) is 3.84. The Hall–Kier alpha value is -2.85. The molecule has 2 aromatic carbocycles. The first kappa shape index (κ1) is 20.9. The standard InChI is InChI=1S/C24H24ClNO3/c1-4-12-29-24(28)23-17(3)26(15-19-9-6-5-8-16(19)2)22(27)14-21(23)18-10-7-11-20(25)13-18/h4-11,13,21H,1,12,14-15H2,2-3H3. The Morgan fingerprint density at radius 1 is 1.24 bits per heavy atom. The molecule has 2 aromatic rings. The van der Waals surface area contributed by atoms with Gasteiger partial charge in [0.1, 0.15) is 6.61 Å². The Labute approximate surface area is 176 Å². The van der Waals surface area contributed by atoms with Gasteiger partial charge in [-0.2, -0.15) is 0 Å². The zero-order chi connectivity index (χ0) is 21.0. The molecule has 4 nitrogen and oxygen atoms in total. The van der Waals surface area contributed by atoms with Crippen molar-refractivity contribution in [2.75, 3.05) is 6.61 Å². The number of amides is 1. The van der Waals surface area contributed by atoms with E-state index in [0.29, 0.717) is 22.8 Å². The highest BCUT2D eigenvalue weighted by atomic mass is 35.5. The van der Waals surface area contributed by atoms with Crippen LogP contribution >= 0.6 is 11.6 Å². The summed E-state index contributed by atoms with van der Waals surface area (Å²) in [5.74, 6) is -0.864. The summed E-state index contributed by atoms with van der Waals surface area (Å²) >= 11 is 6.16. The molecule has 29 heavy (non-hydrogen) atoms. The quantitative estimate of drug-likeness (QED) is 0.488. The number of nitrogens with zero attached hydrogens (tertiary/aromatic N) is 1. The fourth-order valence-electron chi connectivity index (χ4n) is 3.65. The van der Waals surface area contributed by atoms with Gasteiger partial charge in [0.2, 0.25) is 5.91 Å². The van der Waals surface area contributed by atoms with E-state index in [0.717, 1.165) is 16.7 Å². The summed E-state index contributed by atoms with van der Waals surface area (Å²) in [6.07, 6.45) is 1.71. The van der Waals surface area contributed by atoms with E-state index < -0.39 is 11.9 Å². The number of carbonyl (C=O) groups excluding carboxylic acids is 2. The Morgan fingerprint density at radius 3 is 2.69 bits per heavy atom. The maximum Gasteiger partial charge on any atom is 0.336 e. The Balaban J connectivity index is 2.04. The molecule has 5 heteroatoms. The first-order valence-corrected chi connectivity index (χ1v) is 9.89. The molecule has 1 atom stereocenters. The van der Waals surface area contributed by atoms with Crippen molar-refractivity contribution in [3.63, 3.8) is 0 Å². The van der Waals surface area contributed by atoms with E-state index in [-0.39, 0.29) is 18.9 Å². The number of esters is 1. The van der Waals surface area contributed by atoms with Crippen molar-refractivity contribution in [2.45, 2.75) is 32.7 Å². The van der Waals surface area contributed by atoms with Gasteiger partial charge >= 0.3 is 5.97 Å². The van der Waals surface area contributed by atoms with Gasteiger partial charge in [-0.25, -0.2) is 4.79 Å². The van der Waals surface area contributed by atoms with E-state index in [2.05, 4.69) is 6.58 Å². The minimum atomic E-state index is -0.436. The molecule has 0 saturated carbocycles. The van der Waals surface area contributed by atoms with E-state index in [4.69, 9.17) is 16.3 Å². The van der Waals surface area contributed by atoms with Crippen LogP contribution in [0, 0.1) is 6.92 Å². The molecule has 3 rings (SSSR count). The van der Waals surface area contributed by atoms with Gasteiger partial charge in [-0.05, 0) is 42.7 Å². The zero-order valence-electron chi connectivity index (χ0n) is 16.7. The first-order chi connectivity index (χ1) is 13.9. The Bertz CT molecular complexity index is 980. The summed E-state index contributed by atoms with van der Waals surface area (Å²) in [5.41, 5.74) is 4.07. The van der Waals surface area contributed by atoms with Crippen LogP contribution in [0.15, 0.2) is 72.5 Å². The molecule has 0 aromatic heterocycles. The largest absolute Gasteiger partial charge is 0.458 e. The van der Waals surface area contributed by atoms with Crippen molar-refractivity contribution in [1.29, 1.82) is 0 Å². The van der Waals surface area contributed by atoms with Crippen LogP contribution < -0.4 is 0 Å². The average Bonchev–Trinajstić information content (AvgIpc) is 2.70. The molecule has 1 aliphatic rings. The smallest absolute Gasteiger partial charge is 0.336 e. The van der Waals surface area contributed by atoms with Crippen LogP contribution in [0.4, 0.5) is 0 Å². The molecule has 0 bridgehead atoms. The van der Waals surface area contributed by atoms with Gasteiger partial charge in [0.15, 0.2) is 0 Å². The minimum absolute atomic E-state index is 0.0315. The second-order valence-electron chi connectivity index (χ2n) is 7.10. The first-order valence-electron chi connectivity index (χ1n) is 9.51. The maximum absolute atomic E-state index is 13.1. The number of halogens is 1. The molecule has 1 unspecified atom stereocenters. The van der Waals surface area contributed by atoms with Gasteiger partial charge in [0.05, 0.1) is 12.1 Å². The molecular formula is C24H24ClNO3. The number of aryl methyl sites for hydroxylation is 1. The number of hydrogen-bond acceptors (Lipinski definition) is 3. The van der Waals surface area contributed by atoms with Crippen LogP contribution in [0.1, 0.15) is 36.0 Å². The molecule has 0 aliphatic carbocycles. The van der Waals surface area contributed by atoms with E-state index in [9.17, 15) is 9.59 Å². The number of benzene rings is 2. The summed E-state index contributed by atoms with van der Waals surface area (Å²) in [6.45, 7) is 7.95. The maximum atomic E-state index is 13.1. The molecule has 1 aliphatic heterocycles. The van der Waals surface area contributed by atoms with Crippen molar-refractivity contribution in [3.05, 3.63) is 94.2 Å². The van der Waals surface area contributed by atoms with Crippen LogP contribution in [-0.2, 0) is 20.9 Å². The lowest BCUT2D eigenvalue weighted by atomic mass is 9.83. The lowest BCUT2D eigenvalue weighted by molar-refractivity contribution is -0.139. The summed E-state index contributed by atoms with van der Waals surface area (Å²) < 4.78 is 5.35. The third-order valence-electron chi connectivity index (χ3n) is 5.22. The topological polar surface area (TPSA) is 46.6 Å². The normalized spacial score (nSPS) is 16.7. The predicted octanol–water partition coefficient (Wildman–Crippen LogP) is 5.17. The average molecular weight is 410 g/mol. The van der Waals surface area contributed by atoms with Crippen LogP contribution in [0.25, 0.3) is 0 Å². The summed E-state index contributed by atoms with van der Waals surface area (Å²) in [4.78, 5) is 27.6. The lowest BCUT2D eigenvalue weighted by Crippen LogP contribution is -2.38. The molecular weight excluding hydrogens is 386 g/mol. The third kappa shape index (κ3) is 4.60. The molecule has 1 heterocycles. The molecule has 1 amide bonds. The summed E-state index contributed by atoms with van der Waals surface area (Å²) in [5, 5.41) is 0.564. The lowest BCUT2D eigenvalue weighted by Gasteiger charge is -2.35. The van der Waals surface area contributed by atoms with Crippen molar-refractivity contribution in [1.82, 2.24) is 4.90 Å². The van der Waals surface area contributed by atoms with E-state index in [1.54, 1.807) is 24.0 Å². The highest BCUT2D eigenvalue weighted by Gasteiger charge is 2.37. The molecule has 150 valence electrons. The second-order valence-corrected chi connectivity index (χ2v) is 7.54. The summed E-state index contributed by atoms with van der Waals surface area (Å²) in [6, 6.07) is 15.2. The number of ether oxygens (including phenoxy) is 1. The van der Waals surface area contributed by atoms with Gasteiger partial charge < -0.3 is 9.64 Å². The minimum Gasteiger partial charge on any atom is -0.458 e. The molecule has 0 spiro atoms. The van der Waals surface area contributed by atoms with Gasteiger partial charge in [-0.3, -0.25) is 4.79 Å². The Kier molecular flexibility index (Phi) is 6.55. The summed E-state index contributed by atoms with van der Waals surface area (Å²) in [7, 11) is 0. The van der Waals surface area contributed by atoms with Gasteiger partial charge in [-0.1, -0.05) is 60.7 Å². The van der Waals surface area contributed by atoms with Gasteiger partial charge in [-0.15, -0.1) is 0 Å². The SMILES string of the molecule is C=CCOC(=O)C1=C(C)N(Cc2ccccc2C)C(=O)CC1c1cccc(Cl)c1. The molecule has 0 saturated heterocycles. The van der Waals surface area contributed by atoms with Crippen molar-refractivity contribution in [3.8, 4) is 0 Å². The highest BCUT2D eigenvalue weighted by molar-refractivity contribution is 6.30. The number of allylic oxidation sites excluding steroid dienone is 1. The number of carbonyl (C=O) groups is 2. The van der Waals surface area contributed by atoms with Crippen LogP contribution in [0.3, 0.4) is 0 Å². The zero-order valence-corrected chi connectivity index (χ0v) is 17.4. The van der Waals surface area contributed by atoms with Crippen LogP contribution in [0.2, 0.25) is 5.02 Å². The van der Waals surface area contributed by atoms with Gasteiger partial charge in [0, 0.05) is 23.1 Å². The molecule has 0 radical (unpaired) electrons. The van der Waals surface area contributed by atoms with E-state index >= 15 is 0 Å². The highest BCUT2D eigenvalue weighted by Crippen LogP contribution is 2.38. The van der Waals surface area contributed by atoms with Crippen molar-refractivity contribution >= 4 is 23.5 Å². The molecule has 0 N–H and O–H groups in total. The second kappa shape index (κ2) is 9.10. The molecule has 0 fully saturated rings. The van der Waals surface area contributed by atoms with Gasteiger partial charge in [0.25, 0.3) is 0 Å². The Morgan fingerprint density at radius 2 is 2.00 bits per heavy atom. The van der Waals surface area contributed by atoms with Crippen LogP contribution in [-0.4, -0.2) is 23.4 Å². The number of rotatable bonds is 6. The van der Waals surface area contributed by atoms with Crippen LogP contribution in [0.5, 0.6) is 0 Å². The van der Waals surface area contributed by atoms with E-state index in [1.807, 2.05) is 43.3 Å². The number of hydrogen-bond donors (Lipinski definition) is 0. The van der Waals surface area contributed by atoms with E-state index in [1.165, 1.54) is 6.08 Å². The predicted molar refractivity (Wildman–Crippen MR) is 114 cm³/mol. The monoisotopic (exact) mass is 409 g/mol. The third-order valence-corrected chi connectivity index (χ3v) is 5.45. The van der Waals surface area contributed by atoms with Crippen molar-refractivity contribution < 1.29 is 14.3 Å².